The van der Waals surface area contributed by atoms with E-state index in [2.05, 4.69) is 124 Å². The summed E-state index contributed by atoms with van der Waals surface area (Å²) in [6.45, 7) is 27.1. The van der Waals surface area contributed by atoms with Crippen LogP contribution in [0.1, 0.15) is 79.4 Å². The molecule has 0 atom stereocenters. The van der Waals surface area contributed by atoms with Gasteiger partial charge in [-0.05, 0) is 95.6 Å². The van der Waals surface area contributed by atoms with E-state index in [-0.39, 0.29) is 10.1 Å². The Labute approximate surface area is 217 Å². The van der Waals surface area contributed by atoms with Crippen molar-refractivity contribution in [3.63, 3.8) is 0 Å². The maximum absolute atomic E-state index is 6.52. The fourth-order valence-corrected chi connectivity index (χ4v) is 5.69. The molecule has 0 aliphatic carbocycles. The molecule has 0 aliphatic rings. The molecule has 0 unspecified atom stereocenters. The summed E-state index contributed by atoms with van der Waals surface area (Å²) >= 11 is 0. The Bertz CT molecular complexity index is 1040. The zero-order valence-electron chi connectivity index (χ0n) is 24.3. The molecule has 0 aliphatic heterocycles. The molecule has 0 saturated carbocycles. The number of anilines is 1. The monoisotopic (exact) mass is 511 g/mol. The topological polar surface area (TPSA) is 44.5 Å². The van der Waals surface area contributed by atoms with Crippen molar-refractivity contribution in [1.82, 2.24) is 0 Å². The second-order valence-electron chi connectivity index (χ2n) is 12.7. The highest BCUT2D eigenvalue weighted by atomic mass is 28.4. The van der Waals surface area contributed by atoms with Crippen molar-refractivity contribution in [3.8, 4) is 11.5 Å². The minimum Gasteiger partial charge on any atom is -0.544 e. The van der Waals surface area contributed by atoms with Gasteiger partial charge >= 0.3 is 0 Å². The largest absolute Gasteiger partial charge is 0.544 e. The highest BCUT2D eigenvalue weighted by Gasteiger charge is 2.40. The molecule has 0 aromatic heterocycles. The van der Waals surface area contributed by atoms with Crippen molar-refractivity contribution in [2.45, 2.75) is 104 Å². The maximum Gasteiger partial charge on any atom is 0.250 e. The number of benzene rings is 2. The molecular weight excluding hydrogens is 463 g/mol. The van der Waals surface area contributed by atoms with E-state index in [0.29, 0.717) is 5.69 Å². The Morgan fingerprint density at radius 1 is 0.686 bits per heavy atom. The van der Waals surface area contributed by atoms with Crippen LogP contribution in [-0.2, 0) is 0 Å². The van der Waals surface area contributed by atoms with Gasteiger partial charge in [-0.25, -0.2) is 0 Å². The molecule has 194 valence electrons. The van der Waals surface area contributed by atoms with Crippen molar-refractivity contribution < 1.29 is 8.85 Å². The molecule has 35 heavy (non-hydrogen) atoms. The minimum atomic E-state index is -1.95. The van der Waals surface area contributed by atoms with Crippen LogP contribution in [0.5, 0.6) is 11.5 Å². The summed E-state index contributed by atoms with van der Waals surface area (Å²) in [7, 11) is -3.80. The first-order valence-corrected chi connectivity index (χ1v) is 18.9. The van der Waals surface area contributed by atoms with E-state index in [4.69, 9.17) is 14.6 Å². The molecule has 2 aromatic carbocycles. The van der Waals surface area contributed by atoms with E-state index in [9.17, 15) is 0 Å². The zero-order chi connectivity index (χ0) is 26.8. The molecule has 3 nitrogen and oxygen atoms in total. The summed E-state index contributed by atoms with van der Waals surface area (Å²) in [6.07, 6.45) is 1.89. The molecule has 2 N–H and O–H groups in total. The van der Waals surface area contributed by atoms with Gasteiger partial charge < -0.3 is 14.6 Å². The van der Waals surface area contributed by atoms with Gasteiger partial charge in [-0.15, -0.1) is 0 Å². The van der Waals surface area contributed by atoms with E-state index in [1.807, 2.05) is 0 Å². The van der Waals surface area contributed by atoms with Crippen molar-refractivity contribution in [1.29, 1.82) is 0 Å². The molecule has 0 amide bonds. The van der Waals surface area contributed by atoms with Crippen LogP contribution in [0.4, 0.5) is 5.69 Å². The first-order valence-electron chi connectivity index (χ1n) is 13.0. The number of rotatable bonds is 8. The van der Waals surface area contributed by atoms with Crippen LogP contribution in [-0.4, -0.2) is 16.6 Å². The number of hydrogen-bond donors (Lipinski definition) is 1. The lowest BCUT2D eigenvalue weighted by atomic mass is 9.91. The number of nitrogens with two attached hydrogens (primary N) is 1. The Kier molecular flexibility index (Phi) is 8.82. The quantitative estimate of drug-likeness (QED) is 0.218. The third kappa shape index (κ3) is 6.82. The third-order valence-electron chi connectivity index (χ3n) is 7.98. The van der Waals surface area contributed by atoms with Gasteiger partial charge in [0.05, 0.1) is 5.69 Å². The van der Waals surface area contributed by atoms with Crippen LogP contribution >= 0.6 is 0 Å². The molecule has 2 aromatic rings. The average Bonchev–Trinajstić information content (AvgIpc) is 2.72. The van der Waals surface area contributed by atoms with E-state index in [1.54, 1.807) is 0 Å². The van der Waals surface area contributed by atoms with E-state index >= 15 is 0 Å². The smallest absolute Gasteiger partial charge is 0.250 e. The molecule has 2 rings (SSSR count). The lowest BCUT2D eigenvalue weighted by molar-refractivity contribution is 0.492. The fraction of sp³-hybridized carbons (Fsp3) is 0.533. The number of nitrogen functional groups attached to an aromatic ring is 1. The zero-order valence-corrected chi connectivity index (χ0v) is 26.3. The van der Waals surface area contributed by atoms with Gasteiger partial charge in [0.2, 0.25) is 8.32 Å². The predicted octanol–water partition coefficient (Wildman–Crippen LogP) is 9.77. The molecule has 0 heterocycles. The normalized spacial score (nSPS) is 13.9. The van der Waals surface area contributed by atoms with E-state index in [0.717, 1.165) is 24.3 Å². The highest BCUT2D eigenvalue weighted by Crippen LogP contribution is 2.41. The Morgan fingerprint density at radius 3 is 1.54 bits per heavy atom. The van der Waals surface area contributed by atoms with Gasteiger partial charge in [-0.1, -0.05) is 73.6 Å². The average molecular weight is 512 g/mol. The molecule has 0 radical (unpaired) electrons. The summed E-state index contributed by atoms with van der Waals surface area (Å²) in [5, 5.41) is 0.304. The molecular formula is C30H49NO2Si2. The Balaban J connectivity index is 2.40. The summed E-state index contributed by atoms with van der Waals surface area (Å²) < 4.78 is 13.0. The van der Waals surface area contributed by atoms with Crippen molar-refractivity contribution >= 4 is 33.5 Å². The predicted molar refractivity (Wildman–Crippen MR) is 160 cm³/mol. The number of allylic oxidation sites excluding steroid dienone is 2. The van der Waals surface area contributed by atoms with Crippen LogP contribution < -0.4 is 14.6 Å². The van der Waals surface area contributed by atoms with Crippen LogP contribution in [0.25, 0.3) is 11.1 Å². The highest BCUT2D eigenvalue weighted by molar-refractivity contribution is 6.75. The van der Waals surface area contributed by atoms with Crippen LogP contribution in [0.3, 0.4) is 0 Å². The minimum absolute atomic E-state index is 0.127. The van der Waals surface area contributed by atoms with Crippen LogP contribution in [0.2, 0.25) is 36.3 Å². The second-order valence-corrected chi connectivity index (χ2v) is 22.1. The van der Waals surface area contributed by atoms with Crippen molar-refractivity contribution in [2.24, 2.45) is 0 Å². The summed E-state index contributed by atoms with van der Waals surface area (Å²) in [5.41, 5.74) is 12.3. The van der Waals surface area contributed by atoms with Crippen molar-refractivity contribution in [3.05, 3.63) is 53.6 Å². The Morgan fingerprint density at radius 2 is 1.11 bits per heavy atom. The standard InChI is InChI=1S/C30H49NO2Si2/c1-13-25(22-15-18-24(19-16-22)32-34(9,10)29(3,4)5)26(14-2)23-17-20-28(27(31)21-23)33-35(11,12)30(6,7)8/h15-21H,13-14,31H2,1-12H3. The first-order chi connectivity index (χ1) is 15.9. The van der Waals surface area contributed by atoms with Gasteiger partial charge in [0.25, 0.3) is 8.32 Å². The van der Waals surface area contributed by atoms with Crippen LogP contribution in [0, 0.1) is 0 Å². The number of hydrogen-bond acceptors (Lipinski definition) is 3. The second kappa shape index (κ2) is 10.6. The fourth-order valence-electron chi connectivity index (χ4n) is 3.61. The SMILES string of the molecule is CCC(=C(CC)c1ccc(O[Si](C)(C)C(C)(C)C)c(N)c1)c1ccc(O[Si](C)(C)C(C)(C)C)cc1. The van der Waals surface area contributed by atoms with Crippen LogP contribution in [0.15, 0.2) is 42.5 Å². The van der Waals surface area contributed by atoms with Crippen molar-refractivity contribution in [2.75, 3.05) is 5.73 Å². The third-order valence-corrected chi connectivity index (χ3v) is 16.7. The van der Waals surface area contributed by atoms with Gasteiger partial charge in [0.15, 0.2) is 0 Å². The van der Waals surface area contributed by atoms with Gasteiger partial charge in [0.1, 0.15) is 11.5 Å². The maximum atomic E-state index is 6.52. The van der Waals surface area contributed by atoms with Gasteiger partial charge in [0, 0.05) is 0 Å². The lowest BCUT2D eigenvalue weighted by Crippen LogP contribution is -2.44. The summed E-state index contributed by atoms with van der Waals surface area (Å²) in [5.74, 6) is 1.77. The molecule has 0 bridgehead atoms. The summed E-state index contributed by atoms with van der Waals surface area (Å²) in [4.78, 5) is 0. The Hall–Kier alpha value is -1.99. The molecule has 5 heteroatoms. The van der Waals surface area contributed by atoms with Gasteiger partial charge in [-0.2, -0.15) is 0 Å². The van der Waals surface area contributed by atoms with Gasteiger partial charge in [-0.3, -0.25) is 0 Å². The van der Waals surface area contributed by atoms with E-state index in [1.165, 1.54) is 22.3 Å². The van der Waals surface area contributed by atoms with E-state index < -0.39 is 16.6 Å². The lowest BCUT2D eigenvalue weighted by Gasteiger charge is -2.36. The molecule has 0 saturated heterocycles. The first kappa shape index (κ1) is 29.2. The molecule has 0 spiro atoms. The molecule has 0 fully saturated rings. The summed E-state index contributed by atoms with van der Waals surface area (Å²) in [6, 6.07) is 15.0.